The number of ether oxygens (including phenoxy) is 1. The predicted octanol–water partition coefficient (Wildman–Crippen LogP) is 4.59. The zero-order valence-electron chi connectivity index (χ0n) is 25.7. The first-order valence-electron chi connectivity index (χ1n) is 16.4. The number of piperidine rings is 2. The molecule has 0 spiro atoms. The first-order valence-corrected chi connectivity index (χ1v) is 16.4. The van der Waals surface area contributed by atoms with E-state index < -0.39 is 0 Å². The van der Waals surface area contributed by atoms with Crippen molar-refractivity contribution < 1.29 is 14.3 Å². The monoisotopic (exact) mass is 594 g/mol. The van der Waals surface area contributed by atoms with Gasteiger partial charge in [0.2, 0.25) is 5.91 Å². The number of carbonyl (C=O) groups excluding carboxylic acids is 2. The number of aryl methyl sites for hydroxylation is 1. The van der Waals surface area contributed by atoms with Crippen LogP contribution in [0.2, 0.25) is 0 Å². The van der Waals surface area contributed by atoms with Gasteiger partial charge in [-0.1, -0.05) is 18.2 Å². The van der Waals surface area contributed by atoms with Crippen molar-refractivity contribution >= 4 is 28.2 Å². The van der Waals surface area contributed by atoms with E-state index in [1.54, 1.807) is 7.11 Å². The van der Waals surface area contributed by atoms with Crippen molar-refractivity contribution in [3.63, 3.8) is 0 Å². The second kappa shape index (κ2) is 10.7. The van der Waals surface area contributed by atoms with Gasteiger partial charge in [-0.2, -0.15) is 5.10 Å². The van der Waals surface area contributed by atoms with Crippen LogP contribution in [-0.2, 0) is 16.1 Å². The zero-order chi connectivity index (χ0) is 30.1. The van der Waals surface area contributed by atoms with Gasteiger partial charge in [-0.15, -0.1) is 0 Å². The van der Waals surface area contributed by atoms with Crippen molar-refractivity contribution in [3.8, 4) is 11.4 Å². The molecule has 8 rings (SSSR count). The number of methoxy groups -OCH3 is 1. The molecule has 2 saturated heterocycles. The minimum Gasteiger partial charge on any atom is -0.375 e. The molecule has 2 saturated carbocycles. The van der Waals surface area contributed by atoms with Crippen molar-refractivity contribution in [2.45, 2.75) is 70.0 Å². The lowest BCUT2D eigenvalue weighted by molar-refractivity contribution is -0.136. The lowest BCUT2D eigenvalue weighted by Crippen LogP contribution is -2.41. The number of para-hydroxylation sites is 1. The molecule has 2 bridgehead atoms. The molecule has 2 amide bonds. The molecule has 230 valence electrons. The Labute approximate surface area is 257 Å². The molecule has 3 atom stereocenters. The quantitative estimate of drug-likeness (QED) is 0.338. The molecule has 3 aromatic heterocycles. The Morgan fingerprint density at radius 1 is 1.05 bits per heavy atom. The minimum absolute atomic E-state index is 0.0618. The number of hydrogen-bond acceptors (Lipinski definition) is 5. The number of pyridine rings is 1. The number of nitrogens with zero attached hydrogens (tertiary/aromatic N) is 5. The molecule has 5 heterocycles. The highest BCUT2D eigenvalue weighted by Gasteiger charge is 2.47. The third kappa shape index (κ3) is 4.55. The molecule has 9 heteroatoms. The number of fused-ring (bicyclic) bond motifs is 4. The van der Waals surface area contributed by atoms with E-state index in [4.69, 9.17) is 15.6 Å². The van der Waals surface area contributed by atoms with E-state index in [1.807, 2.05) is 32.6 Å². The Morgan fingerprint density at radius 3 is 2.57 bits per heavy atom. The summed E-state index contributed by atoms with van der Waals surface area (Å²) in [5.41, 5.74) is 14.0. The van der Waals surface area contributed by atoms with Gasteiger partial charge in [-0.3, -0.25) is 9.59 Å². The smallest absolute Gasteiger partial charge is 0.255 e. The average molecular weight is 595 g/mol. The SMILES string of the molecule is COCC(=O)N1CCC(c2cccc3cc(-c4nn5cc(C(=O)N6CC7CCC6[C@@H]7N)ccc5c4C)n(CC4CC4)c23)CC1. The number of carbonyl (C=O) groups is 2. The lowest BCUT2D eigenvalue weighted by atomic mass is 9.88. The highest BCUT2D eigenvalue weighted by atomic mass is 16.5. The standard InChI is InChI=1S/C35H42N6O3/c1-21-28-10-9-26(35(43)40-18-25-8-11-29(40)32(25)36)19-41(28)37-33(21)30-16-24-4-3-5-27(34(24)39(30)17-22-6-7-22)23-12-14-38(15-13-23)31(42)20-44-2/h3-5,9-10,16,19,22-23,25,29,32H,6-8,11-15,17-18,20,36H2,1-2H3/t25?,29?,32-/m1/s1. The number of rotatable bonds is 7. The molecule has 44 heavy (non-hydrogen) atoms. The van der Waals surface area contributed by atoms with Gasteiger partial charge in [0.05, 0.1) is 22.3 Å². The normalized spacial score (nSPS) is 23.8. The summed E-state index contributed by atoms with van der Waals surface area (Å²) < 4.78 is 9.51. The highest BCUT2D eigenvalue weighted by molar-refractivity contribution is 5.95. The van der Waals surface area contributed by atoms with Crippen LogP contribution in [0.1, 0.15) is 65.9 Å². The Morgan fingerprint density at radius 2 is 1.86 bits per heavy atom. The minimum atomic E-state index is 0.0618. The number of hydrogen-bond donors (Lipinski definition) is 1. The van der Waals surface area contributed by atoms with Crippen LogP contribution < -0.4 is 5.73 Å². The molecule has 2 aliphatic heterocycles. The van der Waals surface area contributed by atoms with Crippen molar-refractivity contribution in [1.82, 2.24) is 24.0 Å². The molecule has 4 aliphatic rings. The Kier molecular flexibility index (Phi) is 6.79. The first-order chi connectivity index (χ1) is 21.4. The lowest BCUT2D eigenvalue weighted by Gasteiger charge is -2.32. The summed E-state index contributed by atoms with van der Waals surface area (Å²) in [6.45, 7) is 5.56. The Balaban J connectivity index is 1.15. The summed E-state index contributed by atoms with van der Waals surface area (Å²) in [4.78, 5) is 29.9. The van der Waals surface area contributed by atoms with Crippen LogP contribution in [0.25, 0.3) is 27.8 Å². The molecule has 9 nitrogen and oxygen atoms in total. The molecule has 2 N–H and O–H groups in total. The van der Waals surface area contributed by atoms with E-state index in [0.717, 1.165) is 74.3 Å². The molecule has 4 fully saturated rings. The summed E-state index contributed by atoms with van der Waals surface area (Å²) in [6, 6.07) is 13.3. The van der Waals surface area contributed by atoms with Crippen LogP contribution in [0, 0.1) is 18.8 Å². The van der Waals surface area contributed by atoms with Gasteiger partial charge < -0.3 is 24.8 Å². The van der Waals surface area contributed by atoms with E-state index in [-0.39, 0.29) is 30.5 Å². The summed E-state index contributed by atoms with van der Waals surface area (Å²) in [6.07, 6.45) is 8.46. The highest BCUT2D eigenvalue weighted by Crippen LogP contribution is 2.41. The van der Waals surface area contributed by atoms with Crippen LogP contribution in [-0.4, -0.2) is 81.2 Å². The Bertz CT molecular complexity index is 1760. The van der Waals surface area contributed by atoms with Gasteiger partial charge in [-0.25, -0.2) is 4.52 Å². The summed E-state index contributed by atoms with van der Waals surface area (Å²) in [7, 11) is 1.58. The fraction of sp³-hybridized carbons (Fsp3) is 0.514. The average Bonchev–Trinajstić information content (AvgIpc) is 3.44. The molecular weight excluding hydrogens is 552 g/mol. The predicted molar refractivity (Wildman–Crippen MR) is 170 cm³/mol. The van der Waals surface area contributed by atoms with Crippen molar-refractivity contribution in [1.29, 1.82) is 0 Å². The van der Waals surface area contributed by atoms with Gasteiger partial charge >= 0.3 is 0 Å². The maximum Gasteiger partial charge on any atom is 0.255 e. The van der Waals surface area contributed by atoms with Crippen LogP contribution in [0.15, 0.2) is 42.6 Å². The van der Waals surface area contributed by atoms with Gasteiger partial charge in [0.1, 0.15) is 12.3 Å². The number of nitrogens with two attached hydrogens (primary N) is 1. The molecule has 2 unspecified atom stereocenters. The fourth-order valence-corrected chi connectivity index (χ4v) is 8.27. The topological polar surface area (TPSA) is 98.1 Å². The summed E-state index contributed by atoms with van der Waals surface area (Å²) in [5.74, 6) is 1.65. The Hall–Kier alpha value is -3.69. The van der Waals surface area contributed by atoms with Gasteiger partial charge in [0.25, 0.3) is 5.91 Å². The maximum atomic E-state index is 13.6. The third-order valence-electron chi connectivity index (χ3n) is 10.9. The molecule has 1 aromatic carbocycles. The van der Waals surface area contributed by atoms with Crippen LogP contribution in [0.5, 0.6) is 0 Å². The second-order valence-electron chi connectivity index (χ2n) is 13.6. The maximum absolute atomic E-state index is 13.6. The van der Waals surface area contributed by atoms with Crippen LogP contribution in [0.3, 0.4) is 0 Å². The molecular formula is C35H42N6O3. The van der Waals surface area contributed by atoms with Gasteiger partial charge in [0, 0.05) is 62.5 Å². The second-order valence-corrected chi connectivity index (χ2v) is 13.6. The first kappa shape index (κ1) is 27.8. The van der Waals surface area contributed by atoms with Crippen molar-refractivity contribution in [3.05, 3.63) is 59.3 Å². The number of amides is 2. The van der Waals surface area contributed by atoms with Gasteiger partial charge in [-0.05, 0) is 87.0 Å². The summed E-state index contributed by atoms with van der Waals surface area (Å²) in [5, 5.41) is 6.37. The van der Waals surface area contributed by atoms with Crippen LogP contribution >= 0.6 is 0 Å². The van der Waals surface area contributed by atoms with E-state index in [1.165, 1.54) is 29.3 Å². The molecule has 2 aliphatic carbocycles. The van der Waals surface area contributed by atoms with Crippen molar-refractivity contribution in [2.24, 2.45) is 17.6 Å². The molecule has 0 radical (unpaired) electrons. The van der Waals surface area contributed by atoms with E-state index in [0.29, 0.717) is 23.3 Å². The number of benzene rings is 1. The number of likely N-dealkylation sites (tertiary alicyclic amines) is 2. The van der Waals surface area contributed by atoms with E-state index in [2.05, 4.69) is 35.8 Å². The third-order valence-corrected chi connectivity index (χ3v) is 10.9. The van der Waals surface area contributed by atoms with Crippen molar-refractivity contribution in [2.75, 3.05) is 33.4 Å². The van der Waals surface area contributed by atoms with Gasteiger partial charge in [0.15, 0.2) is 0 Å². The largest absolute Gasteiger partial charge is 0.375 e. The zero-order valence-corrected chi connectivity index (χ0v) is 25.7. The van der Waals surface area contributed by atoms with E-state index in [9.17, 15) is 9.59 Å². The number of aromatic nitrogens is 3. The van der Waals surface area contributed by atoms with E-state index >= 15 is 0 Å². The fourth-order valence-electron chi connectivity index (χ4n) is 8.27. The summed E-state index contributed by atoms with van der Waals surface area (Å²) >= 11 is 0. The van der Waals surface area contributed by atoms with Crippen LogP contribution in [0.4, 0.5) is 0 Å². The molecule has 4 aromatic rings.